The van der Waals surface area contributed by atoms with Crippen molar-refractivity contribution in [2.45, 2.75) is 37.6 Å². The second-order valence-electron chi connectivity index (χ2n) is 7.55. The minimum absolute atomic E-state index is 0.0104. The lowest BCUT2D eigenvalue weighted by molar-refractivity contribution is 0.0961. The van der Waals surface area contributed by atoms with Gasteiger partial charge in [0.05, 0.1) is 17.8 Å². The molecule has 2 fully saturated rings. The molecule has 29 heavy (non-hydrogen) atoms. The summed E-state index contributed by atoms with van der Waals surface area (Å²) in [6.45, 7) is 1.73. The zero-order valence-electron chi connectivity index (χ0n) is 16.1. The average Bonchev–Trinajstić information content (AvgIpc) is 3.50. The first-order valence-corrected chi connectivity index (χ1v) is 10.5. The van der Waals surface area contributed by atoms with Crippen LogP contribution < -0.4 is 10.2 Å². The van der Waals surface area contributed by atoms with Crippen molar-refractivity contribution in [2.75, 3.05) is 11.5 Å². The van der Waals surface area contributed by atoms with Crippen LogP contribution in [-0.4, -0.2) is 27.4 Å². The summed E-state index contributed by atoms with van der Waals surface area (Å²) < 4.78 is 8.22. The van der Waals surface area contributed by atoms with Crippen molar-refractivity contribution in [1.82, 2.24) is 14.9 Å². The molecule has 0 radical (unpaired) electrons. The van der Waals surface area contributed by atoms with Crippen LogP contribution in [0.1, 0.15) is 36.3 Å². The first kappa shape index (κ1) is 18.3. The summed E-state index contributed by atoms with van der Waals surface area (Å²) in [6.07, 6.45) is 6.53. The summed E-state index contributed by atoms with van der Waals surface area (Å²) in [7, 11) is 0. The lowest BCUT2D eigenvalue weighted by Gasteiger charge is -2.29. The van der Waals surface area contributed by atoms with Gasteiger partial charge in [0.25, 0.3) is 0 Å². The van der Waals surface area contributed by atoms with E-state index in [1.54, 1.807) is 0 Å². The molecular formula is C23H24N4OS. The van der Waals surface area contributed by atoms with Crippen molar-refractivity contribution < 1.29 is 4.74 Å². The monoisotopic (exact) mass is 404 g/mol. The molecule has 2 saturated heterocycles. The lowest BCUT2D eigenvalue weighted by atomic mass is 10.0. The van der Waals surface area contributed by atoms with Crippen molar-refractivity contribution >= 4 is 23.0 Å². The molecular weight excluding hydrogens is 380 g/mol. The number of benzene rings is 1. The van der Waals surface area contributed by atoms with Crippen molar-refractivity contribution in [3.63, 3.8) is 0 Å². The van der Waals surface area contributed by atoms with E-state index in [-0.39, 0.29) is 18.2 Å². The predicted octanol–water partition coefficient (Wildman–Crippen LogP) is 4.24. The maximum Gasteiger partial charge on any atom is 0.174 e. The smallest absolute Gasteiger partial charge is 0.174 e. The summed E-state index contributed by atoms with van der Waals surface area (Å²) in [5.41, 5.74) is 3.29. The number of aromatic nitrogens is 2. The molecule has 0 amide bonds. The molecule has 2 aromatic heterocycles. The summed E-state index contributed by atoms with van der Waals surface area (Å²) in [5, 5.41) is 4.25. The fraction of sp³-hybridized carbons (Fsp3) is 0.304. The Balaban J connectivity index is 1.57. The molecule has 0 bridgehead atoms. The van der Waals surface area contributed by atoms with Crippen LogP contribution in [0.15, 0.2) is 73.1 Å². The summed E-state index contributed by atoms with van der Waals surface area (Å²) in [5.74, 6) is 0. The van der Waals surface area contributed by atoms with Crippen LogP contribution in [0, 0.1) is 0 Å². The predicted molar refractivity (Wildman–Crippen MR) is 118 cm³/mol. The van der Waals surface area contributed by atoms with Crippen molar-refractivity contribution in [2.24, 2.45) is 0 Å². The van der Waals surface area contributed by atoms with E-state index in [0.29, 0.717) is 0 Å². The molecule has 0 unspecified atom stereocenters. The Morgan fingerprint density at radius 3 is 2.69 bits per heavy atom. The first-order chi connectivity index (χ1) is 14.3. The van der Waals surface area contributed by atoms with Gasteiger partial charge in [-0.3, -0.25) is 4.98 Å². The van der Waals surface area contributed by atoms with Crippen LogP contribution in [0.2, 0.25) is 0 Å². The molecule has 0 aliphatic carbocycles. The molecule has 148 valence electrons. The summed E-state index contributed by atoms with van der Waals surface area (Å²) >= 11 is 5.79. The normalized spacial score (nSPS) is 24.1. The van der Waals surface area contributed by atoms with Crippen molar-refractivity contribution in [1.29, 1.82) is 0 Å². The van der Waals surface area contributed by atoms with E-state index in [0.717, 1.165) is 42.5 Å². The van der Waals surface area contributed by atoms with Crippen LogP contribution in [0.5, 0.6) is 0 Å². The van der Waals surface area contributed by atoms with E-state index >= 15 is 0 Å². The van der Waals surface area contributed by atoms with E-state index in [9.17, 15) is 0 Å². The zero-order chi connectivity index (χ0) is 19.6. The van der Waals surface area contributed by atoms with Gasteiger partial charge in [-0.25, -0.2) is 0 Å². The van der Waals surface area contributed by atoms with E-state index in [1.165, 1.54) is 5.69 Å². The standard InChI is InChI=1S/C23H24N4OS/c29-23-25-21(19-11-4-5-13-24-19)22(27(23)17-8-2-1-3-9-17)20-12-6-14-26(20)16-18-10-7-15-28-18/h1-6,8-9,11-14,18,21-22H,7,10,15-16H2,(H,25,29)/t18-,21-,22-/m1/s1. The van der Waals surface area contributed by atoms with Gasteiger partial charge in [-0.2, -0.15) is 0 Å². The van der Waals surface area contributed by atoms with Crippen LogP contribution >= 0.6 is 12.2 Å². The molecule has 3 atom stereocenters. The van der Waals surface area contributed by atoms with Crippen LogP contribution in [0.25, 0.3) is 0 Å². The largest absolute Gasteiger partial charge is 0.376 e. The molecule has 1 aromatic carbocycles. The summed E-state index contributed by atoms with van der Waals surface area (Å²) in [4.78, 5) is 6.85. The van der Waals surface area contributed by atoms with Crippen molar-refractivity contribution in [3.8, 4) is 0 Å². The molecule has 5 rings (SSSR count). The number of para-hydroxylation sites is 1. The second-order valence-corrected chi connectivity index (χ2v) is 7.94. The Morgan fingerprint density at radius 2 is 1.93 bits per heavy atom. The van der Waals surface area contributed by atoms with Gasteiger partial charge < -0.3 is 19.5 Å². The molecule has 5 nitrogen and oxygen atoms in total. The van der Waals surface area contributed by atoms with E-state index in [4.69, 9.17) is 17.0 Å². The van der Waals surface area contributed by atoms with Crippen molar-refractivity contribution in [3.05, 3.63) is 84.4 Å². The highest BCUT2D eigenvalue weighted by atomic mass is 32.1. The molecule has 2 aliphatic heterocycles. The van der Waals surface area contributed by atoms with E-state index in [2.05, 4.69) is 68.4 Å². The Morgan fingerprint density at radius 1 is 1.07 bits per heavy atom. The number of thiocarbonyl (C=S) groups is 1. The third-order valence-electron chi connectivity index (χ3n) is 5.72. The molecule has 0 saturated carbocycles. The van der Waals surface area contributed by atoms with Gasteiger partial charge in [-0.1, -0.05) is 24.3 Å². The van der Waals surface area contributed by atoms with Gasteiger partial charge in [-0.05, 0) is 61.5 Å². The van der Waals surface area contributed by atoms with Crippen LogP contribution in [-0.2, 0) is 11.3 Å². The molecule has 2 aliphatic rings. The topological polar surface area (TPSA) is 42.3 Å². The second kappa shape index (κ2) is 7.97. The summed E-state index contributed by atoms with van der Waals surface area (Å²) in [6, 6.07) is 20.7. The van der Waals surface area contributed by atoms with Crippen LogP contribution in [0.3, 0.4) is 0 Å². The molecule has 3 aromatic rings. The third-order valence-corrected chi connectivity index (χ3v) is 6.04. The highest BCUT2D eigenvalue weighted by Crippen LogP contribution is 2.41. The Hall–Kier alpha value is -2.70. The highest BCUT2D eigenvalue weighted by Gasteiger charge is 2.42. The number of anilines is 1. The third kappa shape index (κ3) is 3.54. The average molecular weight is 405 g/mol. The Labute approximate surface area is 176 Å². The van der Waals surface area contributed by atoms with Gasteiger partial charge in [0, 0.05) is 36.9 Å². The lowest BCUT2D eigenvalue weighted by Crippen LogP contribution is -2.31. The fourth-order valence-electron chi connectivity index (χ4n) is 4.39. The molecule has 0 spiro atoms. The van der Waals surface area contributed by atoms with Gasteiger partial charge in [0.2, 0.25) is 0 Å². The quantitative estimate of drug-likeness (QED) is 0.645. The highest BCUT2D eigenvalue weighted by molar-refractivity contribution is 7.80. The number of hydrogen-bond donors (Lipinski definition) is 1. The van der Waals surface area contributed by atoms with Gasteiger partial charge in [0.15, 0.2) is 5.11 Å². The Kier molecular flexibility index (Phi) is 5.04. The minimum Gasteiger partial charge on any atom is -0.376 e. The SMILES string of the molecule is S=C1N[C@H](c2ccccn2)[C@@H](c2cccn2C[C@H]2CCCO2)N1c1ccccc1. The van der Waals surface area contributed by atoms with Gasteiger partial charge >= 0.3 is 0 Å². The van der Waals surface area contributed by atoms with Gasteiger partial charge in [0.1, 0.15) is 6.04 Å². The molecule has 4 heterocycles. The van der Waals surface area contributed by atoms with E-state index < -0.39 is 0 Å². The first-order valence-electron chi connectivity index (χ1n) is 10.1. The zero-order valence-corrected chi connectivity index (χ0v) is 17.0. The number of ether oxygens (including phenoxy) is 1. The van der Waals surface area contributed by atoms with E-state index in [1.807, 2.05) is 24.4 Å². The fourth-order valence-corrected chi connectivity index (χ4v) is 4.74. The number of pyridine rings is 1. The Bertz CT molecular complexity index is 969. The van der Waals surface area contributed by atoms with Crippen LogP contribution in [0.4, 0.5) is 5.69 Å². The number of rotatable bonds is 5. The molecule has 6 heteroatoms. The number of nitrogens with zero attached hydrogens (tertiary/aromatic N) is 3. The number of hydrogen-bond acceptors (Lipinski definition) is 3. The number of nitrogens with one attached hydrogen (secondary N) is 1. The maximum atomic E-state index is 5.90. The van der Waals surface area contributed by atoms with Gasteiger partial charge in [-0.15, -0.1) is 0 Å². The molecule has 1 N–H and O–H groups in total. The maximum absolute atomic E-state index is 5.90. The minimum atomic E-state index is -0.0259.